The van der Waals surface area contributed by atoms with Gasteiger partial charge in [-0.3, -0.25) is 4.79 Å². The predicted molar refractivity (Wildman–Crippen MR) is 104 cm³/mol. The van der Waals surface area contributed by atoms with E-state index in [1.807, 2.05) is 0 Å². The first kappa shape index (κ1) is 18.2. The third-order valence-electron chi connectivity index (χ3n) is 4.35. The SMILES string of the molecule is O=c1c(-c2ccc(Cl)cc2)coc2cc(OCc3c(F)cccc3F)ccc12. The standard InChI is InChI=1S/C22H13ClF2O3/c23-14-6-4-13(5-7-14)17-11-28-21-10-15(8-9-16(21)22(17)26)27-12-18-19(24)2-1-3-20(18)25/h1-11H,12H2. The summed E-state index contributed by atoms with van der Waals surface area (Å²) in [6.07, 6.45) is 1.37. The fraction of sp³-hybridized carbons (Fsp3) is 0.0455. The van der Waals surface area contributed by atoms with Gasteiger partial charge in [0.05, 0.1) is 16.5 Å². The van der Waals surface area contributed by atoms with Gasteiger partial charge in [-0.05, 0) is 42.0 Å². The lowest BCUT2D eigenvalue weighted by atomic mass is 10.1. The zero-order chi connectivity index (χ0) is 19.7. The van der Waals surface area contributed by atoms with E-state index in [1.54, 1.807) is 36.4 Å². The first-order valence-electron chi connectivity index (χ1n) is 8.40. The number of halogens is 3. The summed E-state index contributed by atoms with van der Waals surface area (Å²) in [7, 11) is 0. The maximum absolute atomic E-state index is 13.7. The van der Waals surface area contributed by atoms with Gasteiger partial charge in [-0.1, -0.05) is 29.8 Å². The van der Waals surface area contributed by atoms with E-state index in [9.17, 15) is 13.6 Å². The molecule has 28 heavy (non-hydrogen) atoms. The van der Waals surface area contributed by atoms with Crippen LogP contribution >= 0.6 is 11.6 Å². The molecular weight excluding hydrogens is 386 g/mol. The second-order valence-electron chi connectivity index (χ2n) is 6.13. The summed E-state index contributed by atoms with van der Waals surface area (Å²) >= 11 is 5.88. The molecule has 0 N–H and O–H groups in total. The average molecular weight is 399 g/mol. The molecule has 1 heterocycles. The second kappa shape index (κ2) is 7.44. The zero-order valence-corrected chi connectivity index (χ0v) is 15.2. The smallest absolute Gasteiger partial charge is 0.200 e. The molecule has 0 aliphatic rings. The first-order chi connectivity index (χ1) is 13.5. The summed E-state index contributed by atoms with van der Waals surface area (Å²) in [6, 6.07) is 15.1. The van der Waals surface area contributed by atoms with Crippen LogP contribution in [0.4, 0.5) is 8.78 Å². The maximum atomic E-state index is 13.7. The van der Waals surface area contributed by atoms with Crippen molar-refractivity contribution in [1.29, 1.82) is 0 Å². The minimum Gasteiger partial charge on any atom is -0.489 e. The molecule has 1 aromatic heterocycles. The Bertz CT molecular complexity index is 1200. The van der Waals surface area contributed by atoms with E-state index in [2.05, 4.69) is 0 Å². The number of rotatable bonds is 4. The van der Waals surface area contributed by atoms with Crippen LogP contribution in [0.1, 0.15) is 5.56 Å². The van der Waals surface area contributed by atoms with E-state index in [0.29, 0.717) is 32.9 Å². The molecule has 0 fully saturated rings. The van der Waals surface area contributed by atoms with Crippen molar-refractivity contribution in [2.75, 3.05) is 0 Å². The Labute approximate surface area is 163 Å². The van der Waals surface area contributed by atoms with Crippen molar-refractivity contribution in [3.8, 4) is 16.9 Å². The van der Waals surface area contributed by atoms with Gasteiger partial charge in [-0.2, -0.15) is 0 Å². The normalized spacial score (nSPS) is 11.0. The summed E-state index contributed by atoms with van der Waals surface area (Å²) < 4.78 is 38.5. The van der Waals surface area contributed by atoms with Crippen molar-refractivity contribution in [3.63, 3.8) is 0 Å². The molecule has 0 aliphatic heterocycles. The van der Waals surface area contributed by atoms with E-state index in [-0.39, 0.29) is 17.6 Å². The summed E-state index contributed by atoms with van der Waals surface area (Å²) in [5, 5.41) is 0.943. The van der Waals surface area contributed by atoms with Gasteiger partial charge in [-0.25, -0.2) is 8.78 Å². The van der Waals surface area contributed by atoms with E-state index < -0.39 is 11.6 Å². The Hall–Kier alpha value is -3.18. The molecule has 3 nitrogen and oxygen atoms in total. The highest BCUT2D eigenvalue weighted by Crippen LogP contribution is 2.25. The van der Waals surface area contributed by atoms with E-state index in [4.69, 9.17) is 20.8 Å². The molecule has 4 rings (SSSR count). The van der Waals surface area contributed by atoms with Crippen LogP contribution in [0.25, 0.3) is 22.1 Å². The van der Waals surface area contributed by atoms with Gasteiger partial charge < -0.3 is 9.15 Å². The van der Waals surface area contributed by atoms with Crippen molar-refractivity contribution in [2.45, 2.75) is 6.61 Å². The largest absolute Gasteiger partial charge is 0.489 e. The molecule has 0 atom stereocenters. The quantitative estimate of drug-likeness (QED) is 0.425. The fourth-order valence-electron chi connectivity index (χ4n) is 2.85. The van der Waals surface area contributed by atoms with Crippen molar-refractivity contribution >= 4 is 22.6 Å². The Morgan fingerprint density at radius 2 is 1.68 bits per heavy atom. The van der Waals surface area contributed by atoms with Gasteiger partial charge in [0, 0.05) is 11.1 Å². The van der Waals surface area contributed by atoms with Crippen molar-refractivity contribution in [1.82, 2.24) is 0 Å². The molecule has 0 bridgehead atoms. The Morgan fingerprint density at radius 1 is 0.964 bits per heavy atom. The Morgan fingerprint density at radius 3 is 2.39 bits per heavy atom. The van der Waals surface area contributed by atoms with E-state index in [0.717, 1.165) is 0 Å². The molecule has 3 aromatic carbocycles. The van der Waals surface area contributed by atoms with Crippen molar-refractivity contribution in [3.05, 3.63) is 99.4 Å². The number of hydrogen-bond donors (Lipinski definition) is 0. The molecule has 0 radical (unpaired) electrons. The van der Waals surface area contributed by atoms with Gasteiger partial charge in [0.1, 0.15) is 35.8 Å². The minimum absolute atomic E-state index is 0.165. The lowest BCUT2D eigenvalue weighted by Crippen LogP contribution is -2.05. The monoisotopic (exact) mass is 398 g/mol. The summed E-state index contributed by atoms with van der Waals surface area (Å²) in [5.74, 6) is -1.03. The predicted octanol–water partition coefficient (Wildman–Crippen LogP) is 5.97. The number of ether oxygens (including phenoxy) is 1. The van der Waals surface area contributed by atoms with Crippen LogP contribution in [-0.4, -0.2) is 0 Å². The summed E-state index contributed by atoms with van der Waals surface area (Å²) in [5.41, 5.74) is 1.05. The second-order valence-corrected chi connectivity index (χ2v) is 6.57. The van der Waals surface area contributed by atoms with Crippen LogP contribution in [-0.2, 0) is 6.61 Å². The van der Waals surface area contributed by atoms with Crippen LogP contribution in [0.3, 0.4) is 0 Å². The fourth-order valence-corrected chi connectivity index (χ4v) is 2.98. The van der Waals surface area contributed by atoms with Gasteiger partial charge in [0.2, 0.25) is 0 Å². The molecule has 0 amide bonds. The molecule has 0 saturated heterocycles. The zero-order valence-electron chi connectivity index (χ0n) is 14.4. The lowest BCUT2D eigenvalue weighted by Gasteiger charge is -2.09. The molecular formula is C22H13ClF2O3. The van der Waals surface area contributed by atoms with Crippen LogP contribution < -0.4 is 10.2 Å². The first-order valence-corrected chi connectivity index (χ1v) is 8.78. The Kier molecular flexibility index (Phi) is 4.84. The molecule has 0 unspecified atom stereocenters. The van der Waals surface area contributed by atoms with Crippen molar-refractivity contribution < 1.29 is 17.9 Å². The van der Waals surface area contributed by atoms with Gasteiger partial charge >= 0.3 is 0 Å². The molecule has 0 spiro atoms. The average Bonchev–Trinajstić information content (AvgIpc) is 2.69. The molecule has 4 aromatic rings. The number of hydrogen-bond acceptors (Lipinski definition) is 3. The molecule has 0 saturated carbocycles. The summed E-state index contributed by atoms with van der Waals surface area (Å²) in [4.78, 5) is 12.8. The third kappa shape index (κ3) is 3.49. The highest BCUT2D eigenvalue weighted by molar-refractivity contribution is 6.30. The maximum Gasteiger partial charge on any atom is 0.200 e. The van der Waals surface area contributed by atoms with Gasteiger partial charge in [0.15, 0.2) is 5.43 Å². The highest BCUT2D eigenvalue weighted by atomic mass is 35.5. The van der Waals surface area contributed by atoms with Crippen LogP contribution in [0, 0.1) is 11.6 Å². The summed E-state index contributed by atoms with van der Waals surface area (Å²) in [6.45, 7) is -0.281. The van der Waals surface area contributed by atoms with E-state index >= 15 is 0 Å². The van der Waals surface area contributed by atoms with Crippen LogP contribution in [0.5, 0.6) is 5.75 Å². The number of benzene rings is 3. The van der Waals surface area contributed by atoms with E-state index in [1.165, 1.54) is 30.5 Å². The van der Waals surface area contributed by atoms with Gasteiger partial charge in [0.25, 0.3) is 0 Å². The highest BCUT2D eigenvalue weighted by Gasteiger charge is 2.12. The molecule has 6 heteroatoms. The topological polar surface area (TPSA) is 39.4 Å². The molecule has 0 aliphatic carbocycles. The third-order valence-corrected chi connectivity index (χ3v) is 4.60. The molecule has 140 valence electrons. The van der Waals surface area contributed by atoms with Gasteiger partial charge in [-0.15, -0.1) is 0 Å². The Balaban J connectivity index is 1.64. The van der Waals surface area contributed by atoms with Crippen LogP contribution in [0.15, 0.2) is 76.1 Å². The van der Waals surface area contributed by atoms with Crippen molar-refractivity contribution in [2.24, 2.45) is 0 Å². The van der Waals surface area contributed by atoms with Crippen LogP contribution in [0.2, 0.25) is 5.02 Å². The minimum atomic E-state index is -0.681. The number of fused-ring (bicyclic) bond motifs is 1. The lowest BCUT2D eigenvalue weighted by molar-refractivity contribution is 0.292.